The van der Waals surface area contributed by atoms with E-state index in [0.29, 0.717) is 0 Å². The van der Waals surface area contributed by atoms with Crippen molar-refractivity contribution in [2.75, 3.05) is 38.9 Å². The molecule has 150 valence electrons. The summed E-state index contributed by atoms with van der Waals surface area (Å²) >= 11 is 0. The number of rotatable bonds is 11. The van der Waals surface area contributed by atoms with Gasteiger partial charge in [0.25, 0.3) is 0 Å². The smallest absolute Gasteiger partial charge is 0.407 e. The van der Waals surface area contributed by atoms with Crippen LogP contribution in [0.1, 0.15) is 13.8 Å². The van der Waals surface area contributed by atoms with Crippen LogP contribution in [0.2, 0.25) is 0 Å². The van der Waals surface area contributed by atoms with Crippen molar-refractivity contribution in [3.05, 3.63) is 0 Å². The van der Waals surface area contributed by atoms with Gasteiger partial charge in [-0.25, -0.2) is 19.2 Å². The molecule has 0 aromatic heterocycles. The lowest BCUT2D eigenvalue weighted by Gasteiger charge is -2.17. The van der Waals surface area contributed by atoms with Crippen LogP contribution in [0.3, 0.4) is 0 Å². The van der Waals surface area contributed by atoms with Gasteiger partial charge in [-0.2, -0.15) is 0 Å². The first-order valence-electron chi connectivity index (χ1n) is 7.66. The second kappa shape index (κ2) is 14.4. The molecule has 0 spiro atoms. The second-order valence-corrected chi connectivity index (χ2v) is 7.00. The lowest BCUT2D eigenvalue weighted by molar-refractivity contribution is -0.143. The number of amides is 2. The van der Waals surface area contributed by atoms with Gasteiger partial charge in [0, 0.05) is 11.5 Å². The van der Waals surface area contributed by atoms with Gasteiger partial charge in [-0.3, -0.25) is 0 Å². The standard InChI is InChI=1S/C14H24N2O8S2/c1-5-23-13(19)15-9(11(17)21-3)7-25-26-8-10(12(18)22-4)16-14(20)24-6-2/h9-10H,5-8H2,1-4H3,(H,15,19)(H,16,20). The van der Waals surface area contributed by atoms with Gasteiger partial charge >= 0.3 is 24.1 Å². The summed E-state index contributed by atoms with van der Waals surface area (Å²) in [7, 11) is 4.82. The molecule has 0 aromatic rings. The minimum atomic E-state index is -0.911. The molecule has 2 atom stereocenters. The molecule has 0 rings (SSSR count). The van der Waals surface area contributed by atoms with Gasteiger partial charge in [-0.15, -0.1) is 0 Å². The minimum Gasteiger partial charge on any atom is -0.467 e. The molecule has 0 fully saturated rings. The third-order valence-electron chi connectivity index (χ3n) is 2.66. The number of hydrogen-bond acceptors (Lipinski definition) is 10. The molecule has 0 heterocycles. The SMILES string of the molecule is CCOC(=O)NC(CSSCC(NC(=O)OCC)C(=O)OC)C(=O)OC. The number of hydrogen-bond donors (Lipinski definition) is 2. The molecule has 0 aliphatic carbocycles. The maximum atomic E-state index is 11.7. The molecule has 0 radical (unpaired) electrons. The zero-order chi connectivity index (χ0) is 19.9. The molecule has 12 heteroatoms. The molecule has 2 amide bonds. The lowest BCUT2D eigenvalue weighted by Crippen LogP contribution is -2.44. The van der Waals surface area contributed by atoms with Gasteiger partial charge in [0.2, 0.25) is 0 Å². The highest BCUT2D eigenvalue weighted by molar-refractivity contribution is 8.76. The van der Waals surface area contributed by atoms with Gasteiger partial charge in [-0.05, 0) is 13.8 Å². The molecular formula is C14H24N2O8S2. The van der Waals surface area contributed by atoms with E-state index in [1.165, 1.54) is 35.8 Å². The van der Waals surface area contributed by atoms with Gasteiger partial charge in [0.15, 0.2) is 0 Å². The van der Waals surface area contributed by atoms with Crippen molar-refractivity contribution in [2.45, 2.75) is 25.9 Å². The summed E-state index contributed by atoms with van der Waals surface area (Å²) in [6, 6.07) is -1.82. The van der Waals surface area contributed by atoms with E-state index in [4.69, 9.17) is 9.47 Å². The molecule has 0 aliphatic heterocycles. The van der Waals surface area contributed by atoms with Crippen molar-refractivity contribution in [2.24, 2.45) is 0 Å². The number of carbonyl (C=O) groups is 4. The van der Waals surface area contributed by atoms with Crippen molar-refractivity contribution in [3.63, 3.8) is 0 Å². The van der Waals surface area contributed by atoms with Crippen LogP contribution in [0.4, 0.5) is 9.59 Å². The van der Waals surface area contributed by atoms with Gasteiger partial charge in [-0.1, -0.05) is 21.6 Å². The zero-order valence-corrected chi connectivity index (χ0v) is 16.7. The van der Waals surface area contributed by atoms with Crippen LogP contribution in [0, 0.1) is 0 Å². The fourth-order valence-corrected chi connectivity index (χ4v) is 3.78. The summed E-state index contributed by atoms with van der Waals surface area (Å²) in [4.78, 5) is 46.3. The predicted molar refractivity (Wildman–Crippen MR) is 96.8 cm³/mol. The monoisotopic (exact) mass is 412 g/mol. The molecule has 0 saturated heterocycles. The summed E-state index contributed by atoms with van der Waals surface area (Å²) in [6.07, 6.45) is -1.46. The molecule has 2 N–H and O–H groups in total. The van der Waals surface area contributed by atoms with Crippen molar-refractivity contribution in [1.29, 1.82) is 0 Å². The number of methoxy groups -OCH3 is 2. The predicted octanol–water partition coefficient (Wildman–Crippen LogP) is 0.943. The van der Waals surface area contributed by atoms with Gasteiger partial charge in [0.05, 0.1) is 27.4 Å². The normalized spacial score (nSPS) is 12.3. The Bertz CT molecular complexity index is 436. The Morgan fingerprint density at radius 2 is 1.12 bits per heavy atom. The average Bonchev–Trinajstić information content (AvgIpc) is 2.62. The average molecular weight is 412 g/mol. The molecule has 0 aromatic carbocycles. The van der Waals surface area contributed by atoms with Crippen molar-refractivity contribution in [3.8, 4) is 0 Å². The summed E-state index contributed by atoms with van der Waals surface area (Å²) in [6.45, 7) is 3.62. The lowest BCUT2D eigenvalue weighted by atomic mass is 10.3. The Balaban J connectivity index is 4.51. The Morgan fingerprint density at radius 1 is 0.769 bits per heavy atom. The molecule has 0 bridgehead atoms. The van der Waals surface area contributed by atoms with Crippen LogP contribution in [-0.2, 0) is 28.5 Å². The fourth-order valence-electron chi connectivity index (χ4n) is 1.48. The topological polar surface area (TPSA) is 129 Å². The first kappa shape index (κ1) is 24.2. The van der Waals surface area contributed by atoms with Crippen LogP contribution in [0.15, 0.2) is 0 Å². The van der Waals surface area contributed by atoms with Crippen LogP contribution >= 0.6 is 21.6 Å². The molecule has 0 aliphatic rings. The van der Waals surface area contributed by atoms with E-state index >= 15 is 0 Å². The molecule has 2 unspecified atom stereocenters. The van der Waals surface area contributed by atoms with Crippen molar-refractivity contribution >= 4 is 45.7 Å². The number of nitrogens with one attached hydrogen (secondary N) is 2. The highest BCUT2D eigenvalue weighted by Gasteiger charge is 2.25. The third kappa shape index (κ3) is 10.2. The highest BCUT2D eigenvalue weighted by atomic mass is 33.1. The van der Waals surface area contributed by atoms with E-state index in [2.05, 4.69) is 20.1 Å². The molecule has 26 heavy (non-hydrogen) atoms. The number of carbonyl (C=O) groups excluding carboxylic acids is 4. The molecule has 0 saturated carbocycles. The van der Waals surface area contributed by atoms with Crippen LogP contribution < -0.4 is 10.6 Å². The summed E-state index contributed by atoms with van der Waals surface area (Å²) in [5.41, 5.74) is 0. The Morgan fingerprint density at radius 3 is 1.38 bits per heavy atom. The zero-order valence-electron chi connectivity index (χ0n) is 15.1. The first-order chi connectivity index (χ1) is 12.4. The minimum absolute atomic E-state index is 0.169. The number of esters is 2. The Labute approximate surface area is 159 Å². The van der Waals surface area contributed by atoms with E-state index in [9.17, 15) is 19.2 Å². The van der Waals surface area contributed by atoms with E-state index in [0.717, 1.165) is 0 Å². The van der Waals surface area contributed by atoms with Gasteiger partial charge in [0.1, 0.15) is 12.1 Å². The summed E-state index contributed by atoms with van der Waals surface area (Å²) in [5.74, 6) is -0.909. The molecular weight excluding hydrogens is 388 g/mol. The largest absolute Gasteiger partial charge is 0.467 e. The van der Waals surface area contributed by atoms with E-state index in [1.54, 1.807) is 13.8 Å². The number of ether oxygens (including phenoxy) is 4. The van der Waals surface area contributed by atoms with E-state index in [-0.39, 0.29) is 24.7 Å². The van der Waals surface area contributed by atoms with E-state index < -0.39 is 36.2 Å². The first-order valence-corrected chi connectivity index (χ1v) is 10.1. The highest BCUT2D eigenvalue weighted by Crippen LogP contribution is 2.23. The van der Waals surface area contributed by atoms with Crippen LogP contribution in [-0.4, -0.2) is 75.1 Å². The second-order valence-electron chi connectivity index (χ2n) is 4.45. The quantitative estimate of drug-likeness (QED) is 0.219. The van der Waals surface area contributed by atoms with Crippen molar-refractivity contribution < 1.29 is 38.1 Å². The van der Waals surface area contributed by atoms with Crippen LogP contribution in [0.25, 0.3) is 0 Å². The summed E-state index contributed by atoms with van der Waals surface area (Å²) in [5, 5.41) is 4.78. The Kier molecular flexibility index (Phi) is 13.4. The number of alkyl carbamates (subject to hydrolysis) is 2. The maximum absolute atomic E-state index is 11.7. The Hall–Kier alpha value is -1.82. The van der Waals surface area contributed by atoms with E-state index in [1.807, 2.05) is 0 Å². The summed E-state index contributed by atoms with van der Waals surface area (Å²) < 4.78 is 18.7. The van der Waals surface area contributed by atoms with Crippen LogP contribution in [0.5, 0.6) is 0 Å². The maximum Gasteiger partial charge on any atom is 0.407 e. The fraction of sp³-hybridized carbons (Fsp3) is 0.714. The molecule has 10 nitrogen and oxygen atoms in total. The van der Waals surface area contributed by atoms with Crippen molar-refractivity contribution in [1.82, 2.24) is 10.6 Å². The van der Waals surface area contributed by atoms with Gasteiger partial charge < -0.3 is 29.6 Å². The third-order valence-corrected chi connectivity index (χ3v) is 5.08.